The number of hydrogen-bond donors (Lipinski definition) is 0. The Morgan fingerprint density at radius 3 is 2.63 bits per heavy atom. The highest BCUT2D eigenvalue weighted by Gasteiger charge is 2.45. The predicted octanol–water partition coefficient (Wildman–Crippen LogP) is 4.12. The molecule has 0 spiro atoms. The fourth-order valence-corrected chi connectivity index (χ4v) is 5.67. The van der Waals surface area contributed by atoms with Crippen molar-refractivity contribution >= 4 is 5.91 Å². The number of carbonyl (C=O) groups is 1. The summed E-state index contributed by atoms with van der Waals surface area (Å²) in [5, 5.41) is 0. The molecule has 3 aliphatic rings. The average Bonchev–Trinajstić information content (AvgIpc) is 2.67. The summed E-state index contributed by atoms with van der Waals surface area (Å²) in [6, 6.07) is 9.84. The maximum atomic E-state index is 12.6. The summed E-state index contributed by atoms with van der Waals surface area (Å²) < 4.78 is 5.33. The quantitative estimate of drug-likeness (QED) is 0.799. The SMILES string of the molecule is COc1ccc([C@H]2CCC[C@H]3[C@@H]4C[C@@H](CN(C(=O)CC(C)C)C4)CN23)cc1. The molecule has 3 saturated heterocycles. The number of hydrogen-bond acceptors (Lipinski definition) is 3. The lowest BCUT2D eigenvalue weighted by molar-refractivity contribution is -0.139. The first-order valence-corrected chi connectivity index (χ1v) is 10.7. The van der Waals surface area contributed by atoms with E-state index in [0.29, 0.717) is 42.2 Å². The van der Waals surface area contributed by atoms with E-state index in [1.807, 2.05) is 0 Å². The second-order valence-corrected chi connectivity index (χ2v) is 9.24. The van der Waals surface area contributed by atoms with Crippen molar-refractivity contribution in [1.82, 2.24) is 9.80 Å². The molecule has 3 fully saturated rings. The molecule has 148 valence electrons. The van der Waals surface area contributed by atoms with Gasteiger partial charge in [-0.25, -0.2) is 0 Å². The zero-order valence-electron chi connectivity index (χ0n) is 17.1. The van der Waals surface area contributed by atoms with Crippen molar-refractivity contribution in [2.75, 3.05) is 26.7 Å². The Balaban J connectivity index is 1.49. The highest BCUT2D eigenvalue weighted by Crippen LogP contribution is 2.44. The summed E-state index contributed by atoms with van der Waals surface area (Å²) in [6.07, 6.45) is 5.83. The number of piperidine rings is 3. The Bertz CT molecular complexity index is 657. The topological polar surface area (TPSA) is 32.8 Å². The number of ether oxygens (including phenoxy) is 1. The molecule has 3 aliphatic heterocycles. The van der Waals surface area contributed by atoms with Crippen molar-refractivity contribution < 1.29 is 9.53 Å². The average molecular weight is 371 g/mol. The predicted molar refractivity (Wildman–Crippen MR) is 108 cm³/mol. The monoisotopic (exact) mass is 370 g/mol. The number of likely N-dealkylation sites (tertiary alicyclic amines) is 1. The molecule has 0 unspecified atom stereocenters. The van der Waals surface area contributed by atoms with Gasteiger partial charge in [0.05, 0.1) is 7.11 Å². The highest BCUT2D eigenvalue weighted by molar-refractivity contribution is 5.76. The maximum absolute atomic E-state index is 12.6. The normalized spacial score (nSPS) is 30.9. The van der Waals surface area contributed by atoms with Crippen LogP contribution in [0.15, 0.2) is 24.3 Å². The fraction of sp³-hybridized carbons (Fsp3) is 0.696. The molecular weight excluding hydrogens is 336 g/mol. The molecule has 0 aromatic heterocycles. The molecule has 2 bridgehead atoms. The Morgan fingerprint density at radius 1 is 1.15 bits per heavy atom. The van der Waals surface area contributed by atoms with Crippen LogP contribution in [-0.2, 0) is 4.79 Å². The number of amides is 1. The van der Waals surface area contributed by atoms with E-state index in [4.69, 9.17) is 4.74 Å². The van der Waals surface area contributed by atoms with Gasteiger partial charge < -0.3 is 9.64 Å². The van der Waals surface area contributed by atoms with E-state index in [2.05, 4.69) is 47.9 Å². The standard InChI is InChI=1S/C23H34N2O2/c1-16(2)11-23(26)24-13-17-12-19(15-24)22-6-4-5-21(25(22)14-17)18-7-9-20(27-3)10-8-18/h7-10,16-17,19,21-22H,4-6,11-15H2,1-3H3/t17-,19+,21+,22-/m0/s1. The van der Waals surface area contributed by atoms with E-state index in [0.717, 1.165) is 25.4 Å². The second-order valence-electron chi connectivity index (χ2n) is 9.24. The summed E-state index contributed by atoms with van der Waals surface area (Å²) in [4.78, 5) is 17.6. The van der Waals surface area contributed by atoms with Gasteiger partial charge in [-0.2, -0.15) is 0 Å². The summed E-state index contributed by atoms with van der Waals surface area (Å²) in [7, 11) is 1.73. The number of nitrogens with zero attached hydrogens (tertiary/aromatic N) is 2. The summed E-state index contributed by atoms with van der Waals surface area (Å²) in [6.45, 7) is 7.36. The molecule has 0 radical (unpaired) electrons. The van der Waals surface area contributed by atoms with Gasteiger partial charge in [0.2, 0.25) is 5.91 Å². The Kier molecular flexibility index (Phi) is 5.45. The molecule has 4 atom stereocenters. The van der Waals surface area contributed by atoms with Gasteiger partial charge in [0, 0.05) is 38.1 Å². The second kappa shape index (κ2) is 7.83. The van der Waals surface area contributed by atoms with Crippen LogP contribution in [0.1, 0.15) is 57.6 Å². The van der Waals surface area contributed by atoms with Crippen LogP contribution < -0.4 is 4.74 Å². The van der Waals surface area contributed by atoms with Gasteiger partial charge in [0.1, 0.15) is 5.75 Å². The summed E-state index contributed by atoms with van der Waals surface area (Å²) in [5.41, 5.74) is 1.42. The minimum absolute atomic E-state index is 0.371. The van der Waals surface area contributed by atoms with Gasteiger partial charge in [-0.15, -0.1) is 0 Å². The van der Waals surface area contributed by atoms with Crippen LogP contribution >= 0.6 is 0 Å². The van der Waals surface area contributed by atoms with Crippen LogP contribution in [0.2, 0.25) is 0 Å². The zero-order valence-corrected chi connectivity index (χ0v) is 17.1. The lowest BCUT2D eigenvalue weighted by atomic mass is 9.74. The highest BCUT2D eigenvalue weighted by atomic mass is 16.5. The van der Waals surface area contributed by atoms with Gasteiger partial charge in [-0.3, -0.25) is 9.69 Å². The van der Waals surface area contributed by atoms with Crippen molar-refractivity contribution in [3.8, 4) is 5.75 Å². The third kappa shape index (κ3) is 3.87. The van der Waals surface area contributed by atoms with Crippen molar-refractivity contribution in [2.24, 2.45) is 17.8 Å². The Hall–Kier alpha value is -1.55. The smallest absolute Gasteiger partial charge is 0.222 e. The fourth-order valence-electron chi connectivity index (χ4n) is 5.67. The molecule has 1 aromatic carbocycles. The van der Waals surface area contributed by atoms with Crippen LogP contribution in [0.3, 0.4) is 0 Å². The van der Waals surface area contributed by atoms with Gasteiger partial charge in [0.25, 0.3) is 0 Å². The van der Waals surface area contributed by atoms with Crippen LogP contribution in [0.25, 0.3) is 0 Å². The van der Waals surface area contributed by atoms with Crippen molar-refractivity contribution in [3.05, 3.63) is 29.8 Å². The first-order valence-electron chi connectivity index (χ1n) is 10.7. The lowest BCUT2D eigenvalue weighted by Crippen LogP contribution is -2.60. The van der Waals surface area contributed by atoms with E-state index < -0.39 is 0 Å². The minimum Gasteiger partial charge on any atom is -0.497 e. The van der Waals surface area contributed by atoms with Crippen molar-refractivity contribution in [1.29, 1.82) is 0 Å². The van der Waals surface area contributed by atoms with E-state index >= 15 is 0 Å². The molecule has 4 nitrogen and oxygen atoms in total. The van der Waals surface area contributed by atoms with Crippen LogP contribution in [0.5, 0.6) is 5.75 Å². The van der Waals surface area contributed by atoms with E-state index in [-0.39, 0.29) is 0 Å². The molecule has 0 saturated carbocycles. The molecule has 1 aromatic rings. The lowest BCUT2D eigenvalue weighted by Gasteiger charge is -2.55. The Labute approximate surface area is 163 Å². The molecule has 4 rings (SSSR count). The molecule has 1 amide bonds. The number of methoxy groups -OCH3 is 1. The van der Waals surface area contributed by atoms with Crippen LogP contribution in [0.4, 0.5) is 0 Å². The minimum atomic E-state index is 0.371. The third-order valence-electron chi connectivity index (χ3n) is 6.82. The molecule has 27 heavy (non-hydrogen) atoms. The van der Waals surface area contributed by atoms with E-state index in [9.17, 15) is 4.79 Å². The van der Waals surface area contributed by atoms with Crippen molar-refractivity contribution in [2.45, 2.75) is 58.0 Å². The molecular formula is C23H34N2O2. The third-order valence-corrected chi connectivity index (χ3v) is 6.82. The van der Waals surface area contributed by atoms with E-state index in [1.54, 1.807) is 7.11 Å². The summed E-state index contributed by atoms with van der Waals surface area (Å²) in [5.74, 6) is 3.03. The zero-order chi connectivity index (χ0) is 19.0. The molecule has 4 heteroatoms. The van der Waals surface area contributed by atoms with Gasteiger partial charge >= 0.3 is 0 Å². The van der Waals surface area contributed by atoms with E-state index in [1.165, 1.54) is 31.2 Å². The van der Waals surface area contributed by atoms with Gasteiger partial charge in [0.15, 0.2) is 0 Å². The van der Waals surface area contributed by atoms with Gasteiger partial charge in [-0.05, 0) is 61.1 Å². The number of carbonyl (C=O) groups excluding carboxylic acids is 1. The van der Waals surface area contributed by atoms with Crippen LogP contribution in [-0.4, -0.2) is 48.5 Å². The molecule has 0 N–H and O–H groups in total. The van der Waals surface area contributed by atoms with Crippen LogP contribution in [0, 0.1) is 17.8 Å². The molecule has 3 heterocycles. The summed E-state index contributed by atoms with van der Waals surface area (Å²) >= 11 is 0. The first-order chi connectivity index (χ1) is 13.0. The van der Waals surface area contributed by atoms with Crippen molar-refractivity contribution in [3.63, 3.8) is 0 Å². The van der Waals surface area contributed by atoms with Gasteiger partial charge in [-0.1, -0.05) is 26.0 Å². The Morgan fingerprint density at radius 2 is 1.93 bits per heavy atom. The largest absolute Gasteiger partial charge is 0.497 e. The number of rotatable bonds is 4. The first kappa shape index (κ1) is 18.8. The number of benzene rings is 1. The number of fused-ring (bicyclic) bond motifs is 4. The molecule has 0 aliphatic carbocycles. The maximum Gasteiger partial charge on any atom is 0.222 e.